The van der Waals surface area contributed by atoms with Gasteiger partial charge in [0.2, 0.25) is 0 Å². The van der Waals surface area contributed by atoms with Crippen LogP contribution in [-0.4, -0.2) is 18.6 Å². The summed E-state index contributed by atoms with van der Waals surface area (Å²) in [5.74, 6) is 0.703. The molecule has 1 heterocycles. The van der Waals surface area contributed by atoms with E-state index in [1.807, 2.05) is 19.1 Å². The van der Waals surface area contributed by atoms with Crippen molar-refractivity contribution < 1.29 is 21.9 Å². The van der Waals surface area contributed by atoms with Gasteiger partial charge in [0.1, 0.15) is 17.1 Å². The molecule has 1 N–H and O–H groups in total. The van der Waals surface area contributed by atoms with Crippen molar-refractivity contribution in [3.63, 3.8) is 0 Å². The number of hydrogen-bond acceptors (Lipinski definition) is 4. The molecule has 0 radical (unpaired) electrons. The molecule has 1 aliphatic heterocycles. The third-order valence-corrected chi connectivity index (χ3v) is 7.86. The molecule has 6 heteroatoms. The molecule has 1 unspecified atom stereocenters. The molecule has 0 bridgehead atoms. The quantitative estimate of drug-likeness (QED) is 0.143. The zero-order chi connectivity index (χ0) is 31.2. The van der Waals surface area contributed by atoms with Crippen molar-refractivity contribution in [2.75, 3.05) is 0 Å². The summed E-state index contributed by atoms with van der Waals surface area (Å²) in [6.07, 6.45) is 26.4. The summed E-state index contributed by atoms with van der Waals surface area (Å²) >= 11 is 0. The summed E-state index contributed by atoms with van der Waals surface area (Å²) in [7, 11) is -4.56. The fourth-order valence-corrected chi connectivity index (χ4v) is 5.20. The molecule has 0 fully saturated rings. The second kappa shape index (κ2) is 17.3. The molecule has 0 aliphatic carbocycles. The highest BCUT2D eigenvalue weighted by atomic mass is 32.3. The Labute approximate surface area is 255 Å². The van der Waals surface area contributed by atoms with Crippen molar-refractivity contribution in [2.24, 2.45) is 0 Å². The first-order valence-electron chi connectivity index (χ1n) is 15.2. The SMILES string of the molecule is CC(C)=CCC/C(C)=C/CC/C(C)=C/CC/C(C)=C/CC/C(C)=C/CCC1(C)C=Cc2cc(OS(=O)(=O)O)ccc2O1. The van der Waals surface area contributed by atoms with Gasteiger partial charge in [0, 0.05) is 5.56 Å². The molecule has 0 aromatic heterocycles. The van der Waals surface area contributed by atoms with E-state index in [9.17, 15) is 8.42 Å². The molecule has 5 nitrogen and oxygen atoms in total. The maximum Gasteiger partial charge on any atom is 0.446 e. The average molecular weight is 597 g/mol. The van der Waals surface area contributed by atoms with Gasteiger partial charge in [0.15, 0.2) is 0 Å². The summed E-state index contributed by atoms with van der Waals surface area (Å²) in [4.78, 5) is 0. The molecule has 0 saturated carbocycles. The normalized spacial score (nSPS) is 18.0. The van der Waals surface area contributed by atoms with Crippen LogP contribution in [-0.2, 0) is 10.4 Å². The molecule has 232 valence electrons. The van der Waals surface area contributed by atoms with Gasteiger partial charge in [-0.1, -0.05) is 64.3 Å². The molecule has 0 spiro atoms. The molecule has 1 aliphatic rings. The van der Waals surface area contributed by atoms with Gasteiger partial charge in [-0.15, -0.1) is 0 Å². The van der Waals surface area contributed by atoms with E-state index in [0.29, 0.717) is 11.3 Å². The zero-order valence-electron chi connectivity index (χ0n) is 26.8. The minimum Gasteiger partial charge on any atom is -0.483 e. The monoisotopic (exact) mass is 596 g/mol. The fraction of sp³-hybridized carbons (Fsp3) is 0.500. The molecular weight excluding hydrogens is 544 g/mol. The van der Waals surface area contributed by atoms with Crippen LogP contribution in [0.25, 0.3) is 6.08 Å². The lowest BCUT2D eigenvalue weighted by molar-refractivity contribution is 0.128. The van der Waals surface area contributed by atoms with E-state index in [2.05, 4.69) is 76.1 Å². The van der Waals surface area contributed by atoms with Gasteiger partial charge >= 0.3 is 10.4 Å². The van der Waals surface area contributed by atoms with Crippen LogP contribution in [0.1, 0.15) is 118 Å². The van der Waals surface area contributed by atoms with Gasteiger partial charge in [-0.2, -0.15) is 8.42 Å². The number of hydrogen-bond donors (Lipinski definition) is 1. The Morgan fingerprint density at radius 1 is 0.786 bits per heavy atom. The fourth-order valence-electron chi connectivity index (χ4n) is 4.85. The minimum absolute atomic E-state index is 0.0439. The summed E-state index contributed by atoms with van der Waals surface area (Å²) < 4.78 is 41.5. The van der Waals surface area contributed by atoms with E-state index in [1.54, 1.807) is 6.07 Å². The van der Waals surface area contributed by atoms with E-state index < -0.39 is 16.0 Å². The molecule has 42 heavy (non-hydrogen) atoms. The van der Waals surface area contributed by atoms with Crippen molar-refractivity contribution >= 4 is 16.5 Å². The summed E-state index contributed by atoms with van der Waals surface area (Å²) in [6.45, 7) is 15.3. The zero-order valence-corrected chi connectivity index (χ0v) is 27.6. The Morgan fingerprint density at radius 2 is 1.26 bits per heavy atom. The highest BCUT2D eigenvalue weighted by Gasteiger charge is 2.27. The predicted molar refractivity (Wildman–Crippen MR) is 177 cm³/mol. The average Bonchev–Trinajstić information content (AvgIpc) is 2.87. The highest BCUT2D eigenvalue weighted by Crippen LogP contribution is 2.36. The number of allylic oxidation sites excluding steroid dienone is 10. The van der Waals surface area contributed by atoms with Crippen molar-refractivity contribution in [1.82, 2.24) is 0 Å². The highest BCUT2D eigenvalue weighted by molar-refractivity contribution is 7.81. The van der Waals surface area contributed by atoms with Gasteiger partial charge in [-0.25, -0.2) is 0 Å². The van der Waals surface area contributed by atoms with Gasteiger partial charge in [-0.05, 0) is 137 Å². The van der Waals surface area contributed by atoms with Crippen LogP contribution in [0.5, 0.6) is 11.5 Å². The van der Waals surface area contributed by atoms with E-state index in [-0.39, 0.29) is 5.75 Å². The number of benzene rings is 1. The first-order valence-corrected chi connectivity index (χ1v) is 16.6. The molecule has 1 aromatic rings. The van der Waals surface area contributed by atoms with E-state index in [4.69, 9.17) is 9.29 Å². The summed E-state index contributed by atoms with van der Waals surface area (Å²) in [6, 6.07) is 4.67. The maximum absolute atomic E-state index is 11.0. The number of ether oxygens (including phenoxy) is 1. The molecular formula is C36H52O5S. The van der Waals surface area contributed by atoms with E-state index in [0.717, 1.165) is 64.2 Å². The summed E-state index contributed by atoms with van der Waals surface area (Å²) in [5.41, 5.74) is 7.49. The van der Waals surface area contributed by atoms with Crippen LogP contribution in [0.4, 0.5) is 0 Å². The van der Waals surface area contributed by atoms with E-state index in [1.165, 1.54) is 40.0 Å². The minimum atomic E-state index is -4.56. The smallest absolute Gasteiger partial charge is 0.446 e. The molecule has 0 saturated heterocycles. The Hall–Kier alpha value is -2.83. The van der Waals surface area contributed by atoms with Crippen LogP contribution in [0, 0.1) is 0 Å². The van der Waals surface area contributed by atoms with Crippen LogP contribution in [0.2, 0.25) is 0 Å². The third kappa shape index (κ3) is 14.9. The molecule has 1 atom stereocenters. The Balaban J connectivity index is 1.69. The number of fused-ring (bicyclic) bond motifs is 1. The lowest BCUT2D eigenvalue weighted by Gasteiger charge is -2.31. The summed E-state index contributed by atoms with van der Waals surface area (Å²) in [5, 5.41) is 0. The van der Waals surface area contributed by atoms with Crippen LogP contribution < -0.4 is 8.92 Å². The van der Waals surface area contributed by atoms with Crippen molar-refractivity contribution in [3.8, 4) is 11.5 Å². The Kier molecular flexibility index (Phi) is 14.6. The lowest BCUT2D eigenvalue weighted by Crippen LogP contribution is -2.31. The first-order chi connectivity index (χ1) is 19.7. The Bertz CT molecular complexity index is 1320. The second-order valence-electron chi connectivity index (χ2n) is 12.1. The second-order valence-corrected chi connectivity index (χ2v) is 13.2. The molecule has 1 aromatic carbocycles. The van der Waals surface area contributed by atoms with Gasteiger partial charge in [0.05, 0.1) is 0 Å². The van der Waals surface area contributed by atoms with Crippen molar-refractivity contribution in [2.45, 2.75) is 118 Å². The predicted octanol–water partition coefficient (Wildman–Crippen LogP) is 10.7. The van der Waals surface area contributed by atoms with Crippen molar-refractivity contribution in [1.29, 1.82) is 0 Å². The molecule has 0 amide bonds. The largest absolute Gasteiger partial charge is 0.483 e. The maximum atomic E-state index is 11.0. The third-order valence-electron chi connectivity index (χ3n) is 7.46. The van der Waals surface area contributed by atoms with Gasteiger partial charge in [0.25, 0.3) is 0 Å². The van der Waals surface area contributed by atoms with Gasteiger partial charge < -0.3 is 8.92 Å². The van der Waals surface area contributed by atoms with Crippen LogP contribution >= 0.6 is 0 Å². The first kappa shape index (κ1) is 35.4. The Morgan fingerprint density at radius 3 is 1.74 bits per heavy atom. The van der Waals surface area contributed by atoms with E-state index >= 15 is 0 Å². The standard InChI is InChI=1S/C36H52O5S/c1-28(2)13-8-14-29(3)15-9-16-30(4)17-10-18-31(5)19-11-20-32(6)21-12-25-36(7)26-24-33-27-34(41-42(37,38)39)22-23-35(33)40-36/h13,15,17,19,21-24,26-27H,8-12,14,16,18,20,25H2,1-7H3,(H,37,38,39)/b29-15+,30-17+,31-19+,32-21+. The topological polar surface area (TPSA) is 72.8 Å². The number of rotatable bonds is 17. The lowest BCUT2D eigenvalue weighted by atomic mass is 9.94. The molecule has 2 rings (SSSR count). The van der Waals surface area contributed by atoms with Crippen LogP contribution in [0.15, 0.2) is 82.5 Å². The van der Waals surface area contributed by atoms with Crippen LogP contribution in [0.3, 0.4) is 0 Å². The van der Waals surface area contributed by atoms with Gasteiger partial charge in [-0.3, -0.25) is 4.55 Å². The van der Waals surface area contributed by atoms with Crippen molar-refractivity contribution in [3.05, 3.63) is 88.1 Å².